The highest BCUT2D eigenvalue weighted by atomic mass is 16.2. The van der Waals surface area contributed by atoms with Crippen LogP contribution in [0, 0.1) is 6.92 Å². The zero-order valence-corrected chi connectivity index (χ0v) is 13.8. The van der Waals surface area contributed by atoms with Crippen LogP contribution in [0.3, 0.4) is 0 Å². The molecule has 0 heterocycles. The van der Waals surface area contributed by atoms with Crippen LogP contribution in [-0.2, 0) is 16.0 Å². The second-order valence-electron chi connectivity index (χ2n) is 5.62. The SMILES string of the molecule is CC(=O)c1cccc(NC(=O)CNC(=O)Cc2ccc(C)cc2)c1. The number of benzene rings is 2. The van der Waals surface area contributed by atoms with Crippen molar-refractivity contribution < 1.29 is 14.4 Å². The molecule has 0 bridgehead atoms. The predicted octanol–water partition coefficient (Wildman–Crippen LogP) is 2.50. The van der Waals surface area contributed by atoms with E-state index in [4.69, 9.17) is 0 Å². The Balaban J connectivity index is 1.82. The highest BCUT2D eigenvalue weighted by Crippen LogP contribution is 2.11. The third-order valence-electron chi connectivity index (χ3n) is 3.48. The minimum atomic E-state index is -0.340. The maximum atomic E-state index is 11.9. The molecule has 5 heteroatoms. The molecule has 0 saturated heterocycles. The van der Waals surface area contributed by atoms with Crippen molar-refractivity contribution in [2.24, 2.45) is 0 Å². The molecule has 124 valence electrons. The first kappa shape index (κ1) is 17.4. The van der Waals surface area contributed by atoms with Crippen molar-refractivity contribution in [2.75, 3.05) is 11.9 Å². The number of ketones is 1. The van der Waals surface area contributed by atoms with Crippen LogP contribution in [0.4, 0.5) is 5.69 Å². The molecule has 0 saturated carbocycles. The Morgan fingerprint density at radius 1 is 0.958 bits per heavy atom. The number of carbonyl (C=O) groups excluding carboxylic acids is 3. The average Bonchev–Trinajstić information content (AvgIpc) is 2.55. The summed E-state index contributed by atoms with van der Waals surface area (Å²) in [5.74, 6) is -0.628. The maximum absolute atomic E-state index is 11.9. The van der Waals surface area contributed by atoms with Crippen LogP contribution in [0.15, 0.2) is 48.5 Å². The van der Waals surface area contributed by atoms with Crippen LogP contribution in [-0.4, -0.2) is 24.1 Å². The fourth-order valence-corrected chi connectivity index (χ4v) is 2.15. The molecule has 0 unspecified atom stereocenters. The van der Waals surface area contributed by atoms with Gasteiger partial charge < -0.3 is 10.6 Å². The van der Waals surface area contributed by atoms with Crippen LogP contribution in [0.1, 0.15) is 28.4 Å². The van der Waals surface area contributed by atoms with E-state index in [9.17, 15) is 14.4 Å². The summed E-state index contributed by atoms with van der Waals surface area (Å²) in [5, 5.41) is 5.24. The molecule has 0 radical (unpaired) electrons. The minimum absolute atomic E-state index is 0.0718. The fourth-order valence-electron chi connectivity index (χ4n) is 2.15. The zero-order valence-electron chi connectivity index (χ0n) is 13.8. The number of rotatable bonds is 6. The molecule has 2 aromatic carbocycles. The first-order valence-corrected chi connectivity index (χ1v) is 7.67. The van der Waals surface area contributed by atoms with E-state index in [0.717, 1.165) is 11.1 Å². The van der Waals surface area contributed by atoms with Gasteiger partial charge in [-0.1, -0.05) is 42.0 Å². The number of amides is 2. The molecule has 0 fully saturated rings. The summed E-state index contributed by atoms with van der Waals surface area (Å²) in [6.07, 6.45) is 0.230. The first-order chi connectivity index (χ1) is 11.4. The van der Waals surface area contributed by atoms with Crippen LogP contribution >= 0.6 is 0 Å². The van der Waals surface area contributed by atoms with Crippen molar-refractivity contribution in [1.82, 2.24) is 5.32 Å². The number of carbonyl (C=O) groups is 3. The molecular weight excluding hydrogens is 304 g/mol. The Morgan fingerprint density at radius 2 is 1.67 bits per heavy atom. The van der Waals surface area contributed by atoms with E-state index >= 15 is 0 Å². The minimum Gasteiger partial charge on any atom is -0.347 e. The number of anilines is 1. The van der Waals surface area contributed by atoms with Crippen LogP contribution < -0.4 is 10.6 Å². The van der Waals surface area contributed by atoms with Crippen molar-refractivity contribution in [3.63, 3.8) is 0 Å². The predicted molar refractivity (Wildman–Crippen MR) is 93.0 cm³/mol. The average molecular weight is 324 g/mol. The molecule has 0 aliphatic heterocycles. The van der Waals surface area contributed by atoms with Crippen molar-refractivity contribution >= 4 is 23.3 Å². The van der Waals surface area contributed by atoms with Crippen molar-refractivity contribution in [3.05, 3.63) is 65.2 Å². The quantitative estimate of drug-likeness (QED) is 0.802. The summed E-state index contributed by atoms with van der Waals surface area (Å²) in [6.45, 7) is 3.33. The van der Waals surface area contributed by atoms with Gasteiger partial charge in [-0.3, -0.25) is 14.4 Å². The largest absolute Gasteiger partial charge is 0.347 e. The highest BCUT2D eigenvalue weighted by molar-refractivity contribution is 5.98. The third kappa shape index (κ3) is 5.35. The topological polar surface area (TPSA) is 75.3 Å². The Bertz CT molecular complexity index is 751. The van der Waals surface area contributed by atoms with E-state index < -0.39 is 0 Å². The normalized spacial score (nSPS) is 10.1. The molecule has 2 amide bonds. The molecule has 0 aromatic heterocycles. The Kier molecular flexibility index (Phi) is 5.84. The molecular formula is C19H20N2O3. The van der Waals surface area contributed by atoms with Gasteiger partial charge in [0.05, 0.1) is 13.0 Å². The van der Waals surface area contributed by atoms with Crippen LogP contribution in [0.25, 0.3) is 0 Å². The van der Waals surface area contributed by atoms with Gasteiger partial charge in [0, 0.05) is 11.3 Å². The van der Waals surface area contributed by atoms with Gasteiger partial charge in [-0.05, 0) is 31.5 Å². The first-order valence-electron chi connectivity index (χ1n) is 7.67. The smallest absolute Gasteiger partial charge is 0.243 e. The molecule has 0 spiro atoms. The van der Waals surface area contributed by atoms with Crippen molar-refractivity contribution in [2.45, 2.75) is 20.3 Å². The summed E-state index contributed by atoms with van der Waals surface area (Å²) < 4.78 is 0. The molecule has 5 nitrogen and oxygen atoms in total. The fraction of sp³-hybridized carbons (Fsp3) is 0.211. The number of nitrogens with one attached hydrogen (secondary N) is 2. The molecule has 2 rings (SSSR count). The van der Waals surface area contributed by atoms with Gasteiger partial charge >= 0.3 is 0 Å². The van der Waals surface area contributed by atoms with Crippen LogP contribution in [0.2, 0.25) is 0 Å². The lowest BCUT2D eigenvalue weighted by atomic mass is 10.1. The zero-order chi connectivity index (χ0) is 17.5. The van der Waals surface area contributed by atoms with Gasteiger partial charge in [0.25, 0.3) is 0 Å². The Hall–Kier alpha value is -2.95. The summed E-state index contributed by atoms with van der Waals surface area (Å²) in [4.78, 5) is 35.1. The third-order valence-corrected chi connectivity index (χ3v) is 3.48. The second kappa shape index (κ2) is 8.06. The number of hydrogen-bond acceptors (Lipinski definition) is 3. The van der Waals surface area contributed by atoms with Gasteiger partial charge in [0.1, 0.15) is 0 Å². The number of hydrogen-bond donors (Lipinski definition) is 2. The molecule has 0 aliphatic carbocycles. The summed E-state index contributed by atoms with van der Waals surface area (Å²) in [7, 11) is 0. The van der Waals surface area contributed by atoms with Crippen molar-refractivity contribution in [3.8, 4) is 0 Å². The molecule has 24 heavy (non-hydrogen) atoms. The van der Waals surface area contributed by atoms with Crippen molar-refractivity contribution in [1.29, 1.82) is 0 Å². The highest BCUT2D eigenvalue weighted by Gasteiger charge is 2.08. The standard InChI is InChI=1S/C19H20N2O3/c1-13-6-8-15(9-7-13)10-18(23)20-12-19(24)21-17-5-3-4-16(11-17)14(2)22/h3-9,11H,10,12H2,1-2H3,(H,20,23)(H,21,24). The monoisotopic (exact) mass is 324 g/mol. The summed E-state index contributed by atoms with van der Waals surface area (Å²) in [6, 6.07) is 14.3. The van der Waals surface area contributed by atoms with Gasteiger partial charge in [0.2, 0.25) is 11.8 Å². The molecule has 0 aliphatic rings. The van der Waals surface area contributed by atoms with E-state index in [0.29, 0.717) is 11.3 Å². The van der Waals surface area contributed by atoms with Crippen LogP contribution in [0.5, 0.6) is 0 Å². The van der Waals surface area contributed by atoms with E-state index in [2.05, 4.69) is 10.6 Å². The lowest BCUT2D eigenvalue weighted by Gasteiger charge is -2.08. The van der Waals surface area contributed by atoms with E-state index in [1.165, 1.54) is 6.92 Å². The van der Waals surface area contributed by atoms with Gasteiger partial charge in [0.15, 0.2) is 5.78 Å². The maximum Gasteiger partial charge on any atom is 0.243 e. The molecule has 2 aromatic rings. The van der Waals surface area contributed by atoms with E-state index in [1.54, 1.807) is 24.3 Å². The lowest BCUT2D eigenvalue weighted by molar-refractivity contribution is -0.123. The molecule has 2 N–H and O–H groups in total. The summed E-state index contributed by atoms with van der Waals surface area (Å²) in [5.41, 5.74) is 3.08. The summed E-state index contributed by atoms with van der Waals surface area (Å²) >= 11 is 0. The van der Waals surface area contributed by atoms with Gasteiger partial charge in [-0.15, -0.1) is 0 Å². The van der Waals surface area contributed by atoms with E-state index in [1.807, 2.05) is 31.2 Å². The van der Waals surface area contributed by atoms with Gasteiger partial charge in [-0.2, -0.15) is 0 Å². The second-order valence-corrected chi connectivity index (χ2v) is 5.62. The van der Waals surface area contributed by atoms with Gasteiger partial charge in [-0.25, -0.2) is 0 Å². The number of aryl methyl sites for hydroxylation is 1. The molecule has 0 atom stereocenters. The lowest BCUT2D eigenvalue weighted by Crippen LogP contribution is -2.33. The Morgan fingerprint density at radius 3 is 2.33 bits per heavy atom. The van der Waals surface area contributed by atoms with E-state index in [-0.39, 0.29) is 30.6 Å². The Labute approximate surface area is 141 Å². The number of Topliss-reactive ketones (excluding diaryl/α,β-unsaturated/α-hetero) is 1.